The van der Waals surface area contributed by atoms with E-state index in [4.69, 9.17) is 0 Å². The molecule has 0 unspecified atom stereocenters. The Balaban J connectivity index is 1.28. The molecule has 2 N–H and O–H groups in total. The quantitative estimate of drug-likeness (QED) is 0.613. The number of benzene rings is 2. The Morgan fingerprint density at radius 2 is 1.76 bits per heavy atom. The van der Waals surface area contributed by atoms with Gasteiger partial charge in [-0.3, -0.25) is 14.4 Å². The average Bonchev–Trinajstić information content (AvgIpc) is 3.13. The number of carbonyl (C=O) groups is 3. The van der Waals surface area contributed by atoms with Gasteiger partial charge >= 0.3 is 0 Å². The third kappa shape index (κ3) is 5.19. The van der Waals surface area contributed by atoms with Crippen molar-refractivity contribution in [3.8, 4) is 0 Å². The number of carbonyl (C=O) groups excluding carboxylic acids is 3. The molecule has 2 fully saturated rings. The molecule has 0 bridgehead atoms. The van der Waals surface area contributed by atoms with E-state index in [1.807, 2.05) is 43.0 Å². The lowest BCUT2D eigenvalue weighted by molar-refractivity contribution is -0.138. The van der Waals surface area contributed by atoms with Crippen molar-refractivity contribution in [3.63, 3.8) is 0 Å². The van der Waals surface area contributed by atoms with Crippen LogP contribution in [0.5, 0.6) is 0 Å². The smallest absolute Gasteiger partial charge is 0.245 e. The fraction of sp³-hybridized carbons (Fsp3) is 0.500. The second-order valence-electron chi connectivity index (χ2n) is 11.3. The van der Waals surface area contributed by atoms with E-state index in [0.717, 1.165) is 37.2 Å². The number of hydrogen-bond donors (Lipinski definition) is 2. The van der Waals surface area contributed by atoms with Crippen molar-refractivity contribution in [1.82, 2.24) is 15.5 Å². The Morgan fingerprint density at radius 1 is 1.05 bits per heavy atom. The molecule has 0 saturated carbocycles. The first-order chi connectivity index (χ1) is 18.3. The van der Waals surface area contributed by atoms with Gasteiger partial charge in [0.05, 0.1) is 5.41 Å². The van der Waals surface area contributed by atoms with Crippen LogP contribution in [0.4, 0.5) is 10.1 Å². The Hall–Kier alpha value is -3.26. The van der Waals surface area contributed by atoms with Gasteiger partial charge in [-0.25, -0.2) is 4.39 Å². The zero-order valence-electron chi connectivity index (χ0n) is 22.2. The van der Waals surface area contributed by atoms with E-state index < -0.39 is 11.5 Å². The van der Waals surface area contributed by atoms with Crippen molar-refractivity contribution >= 4 is 23.4 Å². The molecule has 0 spiro atoms. The lowest BCUT2D eigenvalue weighted by Gasteiger charge is -2.39. The summed E-state index contributed by atoms with van der Waals surface area (Å²) >= 11 is 0. The molecule has 0 aromatic heterocycles. The predicted molar refractivity (Wildman–Crippen MR) is 144 cm³/mol. The number of likely N-dealkylation sites (tertiary alicyclic amines) is 1. The van der Waals surface area contributed by atoms with E-state index >= 15 is 0 Å². The summed E-state index contributed by atoms with van der Waals surface area (Å²) in [5.74, 6) is -0.658. The maximum absolute atomic E-state index is 13.9. The first-order valence-electron chi connectivity index (χ1n) is 13.7. The van der Waals surface area contributed by atoms with Crippen molar-refractivity contribution in [2.24, 2.45) is 5.92 Å². The van der Waals surface area contributed by atoms with E-state index in [9.17, 15) is 18.8 Å². The zero-order valence-corrected chi connectivity index (χ0v) is 22.2. The molecule has 0 aliphatic carbocycles. The normalized spacial score (nSPS) is 20.8. The maximum Gasteiger partial charge on any atom is 0.245 e. The second kappa shape index (κ2) is 10.8. The highest BCUT2D eigenvalue weighted by Gasteiger charge is 2.47. The highest BCUT2D eigenvalue weighted by atomic mass is 19.1. The van der Waals surface area contributed by atoms with Crippen LogP contribution in [0.1, 0.15) is 50.7 Å². The maximum atomic E-state index is 13.9. The van der Waals surface area contributed by atoms with Gasteiger partial charge in [0.1, 0.15) is 11.9 Å². The van der Waals surface area contributed by atoms with Crippen LogP contribution >= 0.6 is 0 Å². The van der Waals surface area contributed by atoms with Gasteiger partial charge in [-0.15, -0.1) is 0 Å². The summed E-state index contributed by atoms with van der Waals surface area (Å²) in [4.78, 5) is 43.9. The summed E-state index contributed by atoms with van der Waals surface area (Å²) in [6.45, 7) is 6.49. The van der Waals surface area contributed by atoms with Crippen LogP contribution in [0, 0.1) is 11.7 Å². The summed E-state index contributed by atoms with van der Waals surface area (Å²) in [6.07, 6.45) is 3.03. The number of anilines is 1. The Bertz CT molecular complexity index is 1200. The summed E-state index contributed by atoms with van der Waals surface area (Å²) in [5.41, 5.74) is 2.11. The SMILES string of the molecule is CC1(C)C(=O)N(C2CCN(C(=O)[C@H](Cc3cccc(F)c3)NC(=O)C3CCNCC3)CC2)c2ccccc21. The zero-order chi connectivity index (χ0) is 26.9. The van der Waals surface area contributed by atoms with E-state index in [0.29, 0.717) is 31.5 Å². The lowest BCUT2D eigenvalue weighted by atomic mass is 9.86. The van der Waals surface area contributed by atoms with Gasteiger partial charge < -0.3 is 20.4 Å². The number of para-hydroxylation sites is 1. The van der Waals surface area contributed by atoms with Gasteiger partial charge in [0.15, 0.2) is 0 Å². The van der Waals surface area contributed by atoms with Crippen LogP contribution < -0.4 is 15.5 Å². The molecular weight excluding hydrogens is 483 g/mol. The molecule has 0 radical (unpaired) electrons. The third-order valence-electron chi connectivity index (χ3n) is 8.39. The molecule has 3 aliphatic rings. The van der Waals surface area contributed by atoms with Crippen LogP contribution in [-0.4, -0.2) is 60.9 Å². The minimum atomic E-state index is -0.760. The molecule has 38 heavy (non-hydrogen) atoms. The number of nitrogens with zero attached hydrogens (tertiary/aromatic N) is 2. The van der Waals surface area contributed by atoms with Gasteiger partial charge in [-0.1, -0.05) is 30.3 Å². The van der Waals surface area contributed by atoms with E-state index in [1.165, 1.54) is 12.1 Å². The number of amides is 3. The molecule has 7 nitrogen and oxygen atoms in total. The predicted octanol–water partition coefficient (Wildman–Crippen LogP) is 3.17. The Kier molecular flexibility index (Phi) is 7.52. The average molecular weight is 521 g/mol. The summed E-state index contributed by atoms with van der Waals surface area (Å²) < 4.78 is 13.9. The lowest BCUT2D eigenvalue weighted by Crippen LogP contribution is -2.55. The molecule has 3 amide bonds. The highest BCUT2D eigenvalue weighted by Crippen LogP contribution is 2.43. The molecule has 202 valence electrons. The number of hydrogen-bond acceptors (Lipinski definition) is 4. The second-order valence-corrected chi connectivity index (χ2v) is 11.3. The molecule has 2 aromatic rings. The van der Waals surface area contributed by atoms with Gasteiger partial charge in [0.2, 0.25) is 17.7 Å². The van der Waals surface area contributed by atoms with Crippen LogP contribution in [0.15, 0.2) is 48.5 Å². The standard InChI is InChI=1S/C30H37FN4O3/c1-30(2)24-8-3-4-9-26(24)35(29(30)38)23-12-16-34(17-13-23)28(37)25(19-20-6-5-7-22(31)18-20)33-27(36)21-10-14-32-15-11-21/h3-9,18,21,23,25,32H,10-17,19H2,1-2H3,(H,33,36)/t25-/m0/s1. The number of piperidine rings is 2. The van der Waals surface area contributed by atoms with Gasteiger partial charge in [-0.2, -0.15) is 0 Å². The number of halogens is 1. The molecule has 3 aliphatic heterocycles. The van der Waals surface area contributed by atoms with Crippen LogP contribution in [0.25, 0.3) is 0 Å². The molecule has 2 aromatic carbocycles. The van der Waals surface area contributed by atoms with Crippen molar-refractivity contribution in [2.45, 2.75) is 63.5 Å². The highest BCUT2D eigenvalue weighted by molar-refractivity contribution is 6.08. The Labute approximate surface area is 223 Å². The van der Waals surface area contributed by atoms with E-state index in [1.54, 1.807) is 17.0 Å². The van der Waals surface area contributed by atoms with Crippen molar-refractivity contribution in [2.75, 3.05) is 31.1 Å². The van der Waals surface area contributed by atoms with E-state index in [-0.39, 0.29) is 41.9 Å². The van der Waals surface area contributed by atoms with Crippen LogP contribution in [-0.2, 0) is 26.2 Å². The topological polar surface area (TPSA) is 81.8 Å². The molecule has 3 heterocycles. The fourth-order valence-electron chi connectivity index (χ4n) is 6.14. The minimum Gasteiger partial charge on any atom is -0.344 e. The van der Waals surface area contributed by atoms with Crippen molar-refractivity contribution in [3.05, 3.63) is 65.5 Å². The summed E-state index contributed by atoms with van der Waals surface area (Å²) in [5, 5.41) is 6.26. The first-order valence-corrected chi connectivity index (χ1v) is 13.7. The van der Waals surface area contributed by atoms with Crippen LogP contribution in [0.2, 0.25) is 0 Å². The van der Waals surface area contributed by atoms with E-state index in [2.05, 4.69) is 10.6 Å². The molecule has 5 rings (SSSR count). The minimum absolute atomic E-state index is 0.0143. The fourth-order valence-corrected chi connectivity index (χ4v) is 6.14. The molecule has 1 atom stereocenters. The Morgan fingerprint density at radius 3 is 2.47 bits per heavy atom. The number of rotatable bonds is 6. The first kappa shape index (κ1) is 26.4. The molecular formula is C30H37FN4O3. The largest absolute Gasteiger partial charge is 0.344 e. The van der Waals surface area contributed by atoms with Gasteiger partial charge in [0.25, 0.3) is 0 Å². The van der Waals surface area contributed by atoms with Gasteiger partial charge in [0, 0.05) is 37.2 Å². The summed E-state index contributed by atoms with van der Waals surface area (Å²) in [7, 11) is 0. The van der Waals surface area contributed by atoms with Gasteiger partial charge in [-0.05, 0) is 81.9 Å². The van der Waals surface area contributed by atoms with Crippen molar-refractivity contribution in [1.29, 1.82) is 0 Å². The number of fused-ring (bicyclic) bond motifs is 1. The number of nitrogens with one attached hydrogen (secondary N) is 2. The third-order valence-corrected chi connectivity index (χ3v) is 8.39. The summed E-state index contributed by atoms with van der Waals surface area (Å²) in [6, 6.07) is 13.4. The molecule has 8 heteroatoms. The molecule has 2 saturated heterocycles. The van der Waals surface area contributed by atoms with Crippen LogP contribution in [0.3, 0.4) is 0 Å². The monoisotopic (exact) mass is 520 g/mol. The van der Waals surface area contributed by atoms with Crippen molar-refractivity contribution < 1.29 is 18.8 Å².